The van der Waals surface area contributed by atoms with Gasteiger partial charge < -0.3 is 66.4 Å². The molecule has 2 saturated heterocycles. The summed E-state index contributed by atoms with van der Waals surface area (Å²) in [6, 6.07) is 10.1. The van der Waals surface area contributed by atoms with Gasteiger partial charge in [0.1, 0.15) is 30.8 Å². The average molecular weight is 1340 g/mol. The number of carbonyl (C=O) groups excluding carboxylic acids is 11. The number of primary amides is 1. The number of likely N-dealkylation sites (tertiary alicyclic amines) is 2. The smallest absolute Gasteiger partial charge is 0.411 e. The second-order valence-electron chi connectivity index (χ2n) is 26.7. The first kappa shape index (κ1) is 77.0. The lowest BCUT2D eigenvalue weighted by Crippen LogP contribution is -2.60. The van der Waals surface area contributed by atoms with E-state index in [-0.39, 0.29) is 117 Å². The highest BCUT2D eigenvalue weighted by Crippen LogP contribution is 2.43. The average Bonchev–Trinajstić information content (AvgIpc) is 1.60. The summed E-state index contributed by atoms with van der Waals surface area (Å²) in [6.45, 7) is 14.0. The second-order valence-corrected chi connectivity index (χ2v) is 26.7. The number of nitrogens with two attached hydrogens (primary N) is 1. The van der Waals surface area contributed by atoms with Gasteiger partial charge in [-0.1, -0.05) is 104 Å². The van der Waals surface area contributed by atoms with Crippen LogP contribution in [0.3, 0.4) is 0 Å². The van der Waals surface area contributed by atoms with Crippen molar-refractivity contribution in [1.29, 1.82) is 0 Å². The van der Waals surface area contributed by atoms with Crippen LogP contribution >= 0.6 is 0 Å². The molecular weight excluding hydrogens is 1230 g/mol. The highest BCUT2D eigenvalue weighted by atomic mass is 16.6. The van der Waals surface area contributed by atoms with E-state index in [1.807, 2.05) is 65.0 Å². The minimum absolute atomic E-state index is 0.0581. The van der Waals surface area contributed by atoms with Crippen LogP contribution in [0.15, 0.2) is 66.7 Å². The predicted octanol–water partition coefficient (Wildman–Crippen LogP) is 5.11. The van der Waals surface area contributed by atoms with Gasteiger partial charge in [0.25, 0.3) is 11.8 Å². The summed E-state index contributed by atoms with van der Waals surface area (Å²) in [4.78, 5) is 154. The molecule has 1 saturated carbocycles. The number of likely N-dealkylation sites (N-methyl/N-ethyl adjacent to an activating group) is 1. The lowest BCUT2D eigenvalue weighted by molar-refractivity contribution is -0.148. The molecule has 13 atom stereocenters. The number of fused-ring (bicyclic) bond motifs is 2. The third-order valence-corrected chi connectivity index (χ3v) is 19.2. The monoisotopic (exact) mass is 1340 g/mol. The van der Waals surface area contributed by atoms with Gasteiger partial charge in [-0.15, -0.1) is 0 Å². The Labute approximate surface area is 565 Å². The highest BCUT2D eigenvalue weighted by molar-refractivity contribution is 6.12. The van der Waals surface area contributed by atoms with Gasteiger partial charge in [0.2, 0.25) is 41.4 Å². The van der Waals surface area contributed by atoms with Gasteiger partial charge >= 0.3 is 12.1 Å². The molecule has 0 aromatic heterocycles. The van der Waals surface area contributed by atoms with E-state index in [2.05, 4.69) is 31.9 Å². The zero-order valence-electron chi connectivity index (χ0n) is 57.9. The Kier molecular flexibility index (Phi) is 30.1. The van der Waals surface area contributed by atoms with Crippen molar-refractivity contribution >= 4 is 71.0 Å². The minimum atomic E-state index is -1.10. The molecular formula is C70H105N11O15. The van der Waals surface area contributed by atoms with E-state index < -0.39 is 84.2 Å². The van der Waals surface area contributed by atoms with Gasteiger partial charge in [-0.2, -0.15) is 0 Å². The minimum Gasteiger partial charge on any atom is -0.445 e. The van der Waals surface area contributed by atoms with E-state index in [1.54, 1.807) is 69.2 Å². The van der Waals surface area contributed by atoms with Crippen LogP contribution < -0.4 is 37.6 Å². The van der Waals surface area contributed by atoms with Crippen LogP contribution in [0.25, 0.3) is 0 Å². The zero-order valence-corrected chi connectivity index (χ0v) is 57.9. The summed E-state index contributed by atoms with van der Waals surface area (Å²) in [7, 11) is 6.35. The molecule has 26 nitrogen and oxygen atoms in total. The fourth-order valence-electron chi connectivity index (χ4n) is 13.8. The first-order valence-electron chi connectivity index (χ1n) is 34.1. The highest BCUT2D eigenvalue weighted by Gasteiger charge is 2.53. The fraction of sp³-hybridized carbons (Fsp3) is 0.643. The van der Waals surface area contributed by atoms with Crippen molar-refractivity contribution < 1.29 is 71.7 Å². The summed E-state index contributed by atoms with van der Waals surface area (Å²) in [5, 5.41) is 17.0. The number of carbonyl (C=O) groups is 11. The van der Waals surface area contributed by atoms with Gasteiger partial charge in [-0.05, 0) is 111 Å². The number of benzene rings is 2. The molecule has 1 aliphatic carbocycles. The van der Waals surface area contributed by atoms with Crippen molar-refractivity contribution in [2.45, 2.75) is 206 Å². The molecule has 12 amide bonds. The van der Waals surface area contributed by atoms with Crippen molar-refractivity contribution in [3.05, 3.63) is 77.9 Å². The van der Waals surface area contributed by atoms with E-state index >= 15 is 0 Å². The molecule has 530 valence electrons. The van der Waals surface area contributed by atoms with Crippen molar-refractivity contribution in [3.8, 4) is 0 Å². The lowest BCUT2D eigenvalue weighted by atomic mass is 9.89. The molecule has 8 N–H and O–H groups in total. The summed E-state index contributed by atoms with van der Waals surface area (Å²) in [6.07, 6.45) is 6.83. The molecule has 4 aliphatic rings. The van der Waals surface area contributed by atoms with Crippen LogP contribution in [0.2, 0.25) is 0 Å². The summed E-state index contributed by atoms with van der Waals surface area (Å²) in [5.74, 6) is -5.23. The van der Waals surface area contributed by atoms with Crippen LogP contribution in [0.5, 0.6) is 0 Å². The van der Waals surface area contributed by atoms with Gasteiger partial charge in [0.15, 0.2) is 0 Å². The Morgan fingerprint density at radius 1 is 0.740 bits per heavy atom. The second kappa shape index (κ2) is 37.5. The molecule has 0 radical (unpaired) electrons. The van der Waals surface area contributed by atoms with Gasteiger partial charge in [0, 0.05) is 78.3 Å². The lowest BCUT2D eigenvalue weighted by Gasteiger charge is -2.41. The Morgan fingerprint density at radius 3 is 2.05 bits per heavy atom. The number of hydrogen-bond donors (Lipinski definition) is 7. The number of unbranched alkanes of at least 4 members (excludes halogenated alkanes) is 2. The number of piperidine rings is 1. The Hall–Kier alpha value is -7.97. The van der Waals surface area contributed by atoms with Gasteiger partial charge in [-0.25, -0.2) is 9.59 Å². The van der Waals surface area contributed by atoms with Crippen LogP contribution in [0.1, 0.15) is 143 Å². The summed E-state index contributed by atoms with van der Waals surface area (Å²) in [5.41, 5.74) is 7.24. The van der Waals surface area contributed by atoms with Crippen molar-refractivity contribution in [1.82, 2.24) is 46.2 Å². The molecule has 1 unspecified atom stereocenters. The Morgan fingerprint density at radius 2 is 1.43 bits per heavy atom. The first-order valence-corrected chi connectivity index (χ1v) is 34.1. The molecule has 2 aromatic carbocycles. The van der Waals surface area contributed by atoms with E-state index in [1.165, 1.54) is 24.2 Å². The number of anilines is 1. The maximum atomic E-state index is 14.9. The third kappa shape index (κ3) is 21.3. The van der Waals surface area contributed by atoms with E-state index in [4.69, 9.17) is 24.7 Å². The topological polar surface area (TPSA) is 336 Å². The SMILES string of the molecule is CC[C@H](C)[C@@H]([C@@H](CC(=O)N1CCC[C@H]1[C@H](OC)[C@@H](C)C(=O)N[C@H](COC)Cc1ccccc1)OC)N(C)C(=O)[C@@H](NC(=O)C1[C@H]2CC[C@H](C2)N1C(=O)OCc1ccc(NC(=O)[C@H](CCCNC(N)=O)NC(=O)[C@@H](NC(=O)CCCCCN2C(=O)C=CC2=O)C(C)C)cc1)C(C)C. The summed E-state index contributed by atoms with van der Waals surface area (Å²) >= 11 is 0. The standard InChI is InChI=1S/C70H105N11O15/c1-12-44(6)61(54(94-10)39-58(85)79-36-20-24-53(79)63(95-11)45(7)64(86)74-50(41-93-9)37-46-21-15-13-16-22-46)78(8)68(90)60(43(4)5)77-67(89)62-48-28-31-51(38-48)81(62)70(92)96-40-47-26-29-49(30-27-47)73-65(87)52(23-19-34-72-69(71)91)75-66(88)59(42(2)3)76-55(82)25-17-14-18-35-80-56(83)32-33-57(80)84/h13,15-16,21-22,26-27,29-30,32-33,42-45,48,50-54,59-63H,12,14,17-20,23-25,28,31,34-41H2,1-11H3,(H,73,87)(H,74,86)(H,75,88)(H,76,82)(H,77,89)(H3,71,72,91)/t44-,45+,48-,50-,51+,52-,53-,54+,59-,60-,61-,62?,63+/m0/s1. The van der Waals surface area contributed by atoms with Crippen molar-refractivity contribution in [2.24, 2.45) is 35.3 Å². The number of nitrogens with zero attached hydrogens (tertiary/aromatic N) is 4. The number of amides is 12. The van der Waals surface area contributed by atoms with Crippen LogP contribution in [0.4, 0.5) is 15.3 Å². The van der Waals surface area contributed by atoms with E-state index in [0.717, 1.165) is 10.5 Å². The van der Waals surface area contributed by atoms with Gasteiger partial charge in [0.05, 0.1) is 49.3 Å². The Balaban J connectivity index is 1.04. The third-order valence-electron chi connectivity index (χ3n) is 19.2. The number of nitrogens with one attached hydrogen (secondary N) is 6. The van der Waals surface area contributed by atoms with E-state index in [0.29, 0.717) is 88.6 Å². The molecule has 2 aromatic rings. The van der Waals surface area contributed by atoms with Crippen molar-refractivity contribution in [2.75, 3.05) is 59.9 Å². The zero-order chi connectivity index (χ0) is 70.3. The first-order chi connectivity index (χ1) is 45.8. The number of imide groups is 1. The molecule has 3 fully saturated rings. The van der Waals surface area contributed by atoms with Gasteiger partial charge in [-0.3, -0.25) is 53.0 Å². The van der Waals surface area contributed by atoms with E-state index in [9.17, 15) is 52.7 Å². The van der Waals surface area contributed by atoms with Crippen molar-refractivity contribution in [3.63, 3.8) is 0 Å². The molecule has 2 bridgehead atoms. The molecule has 26 heteroatoms. The number of rotatable bonds is 38. The molecule has 6 rings (SSSR count). The molecule has 3 heterocycles. The van der Waals surface area contributed by atoms with Crippen LogP contribution in [-0.2, 0) is 75.1 Å². The molecule has 96 heavy (non-hydrogen) atoms. The molecule has 3 aliphatic heterocycles. The largest absolute Gasteiger partial charge is 0.445 e. The normalized spacial score (nSPS) is 20.2. The quantitative estimate of drug-likeness (QED) is 0.0339. The number of urea groups is 1. The van der Waals surface area contributed by atoms with Crippen LogP contribution in [0, 0.1) is 29.6 Å². The van der Waals surface area contributed by atoms with Crippen LogP contribution in [-0.4, -0.2) is 200 Å². The Bertz CT molecular complexity index is 2990. The maximum absolute atomic E-state index is 14.9. The summed E-state index contributed by atoms with van der Waals surface area (Å²) < 4.78 is 23.5. The number of ether oxygens (including phenoxy) is 4. The fourth-order valence-corrected chi connectivity index (χ4v) is 13.8. The maximum Gasteiger partial charge on any atom is 0.411 e. The molecule has 0 spiro atoms. The number of hydrogen-bond acceptors (Lipinski definition) is 15. The predicted molar refractivity (Wildman–Crippen MR) is 359 cm³/mol. The number of methoxy groups -OCH3 is 3.